The van der Waals surface area contributed by atoms with Gasteiger partial charge in [0.25, 0.3) is 0 Å². The summed E-state index contributed by atoms with van der Waals surface area (Å²) in [5.41, 5.74) is 4.82. The van der Waals surface area contributed by atoms with Crippen LogP contribution >= 0.6 is 11.6 Å². The first kappa shape index (κ1) is 32.0. The van der Waals surface area contributed by atoms with Crippen LogP contribution in [0.15, 0.2) is 76.6 Å². The molecule has 46 heavy (non-hydrogen) atoms. The zero-order chi connectivity index (χ0) is 32.2. The fourth-order valence-corrected chi connectivity index (χ4v) is 6.84. The number of nitrogens with one attached hydrogen (secondary N) is 3. The maximum Gasteiger partial charge on any atom is 0.354 e. The van der Waals surface area contributed by atoms with Gasteiger partial charge in [0.15, 0.2) is 5.82 Å². The van der Waals surface area contributed by atoms with Crippen molar-refractivity contribution in [3.05, 3.63) is 115 Å². The second-order valence-corrected chi connectivity index (χ2v) is 13.4. The van der Waals surface area contributed by atoms with Crippen LogP contribution in [0.5, 0.6) is 0 Å². The molecule has 6 rings (SSSR count). The highest BCUT2D eigenvalue weighted by atomic mass is 35.5. The molecule has 7 nitrogen and oxygen atoms in total. The Bertz CT molecular complexity index is 1930. The molecule has 0 aliphatic carbocycles. The van der Waals surface area contributed by atoms with Gasteiger partial charge in [-0.25, -0.2) is 9.18 Å². The molecule has 9 heteroatoms. The number of aromatic nitrogens is 4. The van der Waals surface area contributed by atoms with E-state index in [1.54, 1.807) is 24.5 Å². The zero-order valence-electron chi connectivity index (χ0n) is 26.4. The van der Waals surface area contributed by atoms with E-state index in [0.29, 0.717) is 34.3 Å². The molecular formula is C37H41ClFN5O2. The Morgan fingerprint density at radius 1 is 1.00 bits per heavy atom. The predicted molar refractivity (Wildman–Crippen MR) is 183 cm³/mol. The van der Waals surface area contributed by atoms with Crippen LogP contribution in [0.3, 0.4) is 0 Å². The van der Waals surface area contributed by atoms with Crippen molar-refractivity contribution in [2.24, 2.45) is 5.92 Å². The number of aryl methyl sites for hydroxylation is 2. The highest BCUT2D eigenvalue weighted by Gasteiger charge is 2.22. The van der Waals surface area contributed by atoms with E-state index >= 15 is 4.39 Å². The van der Waals surface area contributed by atoms with Gasteiger partial charge in [-0.1, -0.05) is 50.4 Å². The van der Waals surface area contributed by atoms with Crippen molar-refractivity contribution in [1.29, 1.82) is 0 Å². The molecule has 0 unspecified atom stereocenters. The normalized spacial score (nSPS) is 16.8. The van der Waals surface area contributed by atoms with Gasteiger partial charge in [0.1, 0.15) is 5.65 Å². The maximum atomic E-state index is 15.2. The van der Waals surface area contributed by atoms with Crippen LogP contribution in [0.1, 0.15) is 81.5 Å². The number of hydrogen-bond donors (Lipinski definition) is 3. The molecule has 2 atom stereocenters. The van der Waals surface area contributed by atoms with E-state index in [0.717, 1.165) is 74.6 Å². The topological polar surface area (TPSA) is 95.6 Å². The Labute approximate surface area is 273 Å². The van der Waals surface area contributed by atoms with Gasteiger partial charge >= 0.3 is 5.69 Å². The summed E-state index contributed by atoms with van der Waals surface area (Å²) in [6.45, 7) is 4.38. The van der Waals surface area contributed by atoms with Crippen molar-refractivity contribution in [3.63, 3.8) is 0 Å². The number of H-pyrrole nitrogens is 2. The van der Waals surface area contributed by atoms with Crippen LogP contribution in [0.2, 0.25) is 5.02 Å². The minimum atomic E-state index is -0.488. The fraction of sp³-hybridized carbons (Fsp3) is 0.378. The van der Waals surface area contributed by atoms with Gasteiger partial charge < -0.3 is 15.3 Å². The van der Waals surface area contributed by atoms with Gasteiger partial charge in [0, 0.05) is 41.5 Å². The second kappa shape index (κ2) is 14.2. The number of benzene rings is 2. The van der Waals surface area contributed by atoms with E-state index in [9.17, 15) is 9.59 Å². The predicted octanol–water partition coefficient (Wildman–Crippen LogP) is 8.05. The Balaban J connectivity index is 1.15. The first-order valence-electron chi connectivity index (χ1n) is 16.4. The monoisotopic (exact) mass is 641 g/mol. The standard InChI is InChI=1S/C37H41ClFN5O2/c1-23(2)6-3-8-25-18-30(35(39)31(38)19-25)33-21-27-22-44(37(46)43-36(27)42-33)29-14-12-26(13-15-29)32-11-5-10-28(41-32)9-4-7-24-16-17-40-34(45)20-24/h12-23,28,32,41H,3-11H2,1-2H3,(H,40,45)(H,42,43,46)/t28-,32+/m1/s1. The van der Waals surface area contributed by atoms with Gasteiger partial charge in [0.05, 0.1) is 16.4 Å². The van der Waals surface area contributed by atoms with Crippen LogP contribution in [0.25, 0.3) is 28.0 Å². The van der Waals surface area contributed by atoms with E-state index < -0.39 is 11.5 Å². The first-order chi connectivity index (χ1) is 22.2. The number of halogens is 2. The molecule has 1 saturated heterocycles. The van der Waals surface area contributed by atoms with Gasteiger partial charge in [-0.05, 0) is 104 Å². The summed E-state index contributed by atoms with van der Waals surface area (Å²) < 4.78 is 16.7. The fourth-order valence-electron chi connectivity index (χ4n) is 6.60. The Kier molecular flexibility index (Phi) is 9.85. The van der Waals surface area contributed by atoms with Crippen molar-refractivity contribution in [2.75, 3.05) is 0 Å². The molecule has 1 aliphatic heterocycles. The maximum absolute atomic E-state index is 15.2. The number of aromatic amines is 2. The molecule has 1 aliphatic rings. The average molecular weight is 642 g/mol. The first-order valence-corrected chi connectivity index (χ1v) is 16.8. The Hall–Kier alpha value is -4.01. The van der Waals surface area contributed by atoms with Crippen molar-refractivity contribution in [2.45, 2.75) is 83.7 Å². The molecule has 240 valence electrons. The van der Waals surface area contributed by atoms with Crippen LogP contribution < -0.4 is 16.6 Å². The number of piperidine rings is 1. The van der Waals surface area contributed by atoms with Crippen molar-refractivity contribution in [1.82, 2.24) is 24.8 Å². The molecule has 0 amide bonds. The van der Waals surface area contributed by atoms with Crippen molar-refractivity contribution >= 4 is 22.6 Å². The summed E-state index contributed by atoms with van der Waals surface area (Å²) in [5.74, 6) is 0.116. The third-order valence-corrected chi connectivity index (χ3v) is 9.32. The van der Waals surface area contributed by atoms with Gasteiger partial charge in [0.2, 0.25) is 5.56 Å². The Morgan fingerprint density at radius 3 is 2.59 bits per heavy atom. The lowest BCUT2D eigenvalue weighted by atomic mass is 9.91. The minimum absolute atomic E-state index is 0.0538. The molecule has 0 spiro atoms. The summed E-state index contributed by atoms with van der Waals surface area (Å²) in [4.78, 5) is 34.7. The van der Waals surface area contributed by atoms with Crippen LogP contribution in [0, 0.1) is 11.7 Å². The molecule has 3 N–H and O–H groups in total. The molecule has 0 saturated carbocycles. The average Bonchev–Trinajstić information content (AvgIpc) is 3.45. The van der Waals surface area contributed by atoms with Crippen molar-refractivity contribution in [3.8, 4) is 16.9 Å². The third-order valence-electron chi connectivity index (χ3n) is 9.05. The summed E-state index contributed by atoms with van der Waals surface area (Å²) in [6, 6.07) is 17.8. The number of nitrogens with zero attached hydrogens (tertiary/aromatic N) is 2. The van der Waals surface area contributed by atoms with E-state index in [4.69, 9.17) is 11.6 Å². The van der Waals surface area contributed by atoms with E-state index in [1.165, 1.54) is 10.1 Å². The summed E-state index contributed by atoms with van der Waals surface area (Å²) in [6.07, 6.45) is 12.7. The molecule has 1 fully saturated rings. The molecular weight excluding hydrogens is 601 g/mol. The van der Waals surface area contributed by atoms with E-state index in [1.807, 2.05) is 30.3 Å². The zero-order valence-corrected chi connectivity index (χ0v) is 27.2. The molecule has 4 heterocycles. The summed E-state index contributed by atoms with van der Waals surface area (Å²) in [7, 11) is 0. The number of rotatable bonds is 11. The highest BCUT2D eigenvalue weighted by molar-refractivity contribution is 6.31. The van der Waals surface area contributed by atoms with Crippen LogP contribution in [0.4, 0.5) is 4.39 Å². The van der Waals surface area contributed by atoms with Crippen LogP contribution in [-0.4, -0.2) is 25.6 Å². The highest BCUT2D eigenvalue weighted by Crippen LogP contribution is 2.32. The smallest absolute Gasteiger partial charge is 0.339 e. The van der Waals surface area contributed by atoms with E-state index in [2.05, 4.69) is 46.2 Å². The number of fused-ring (bicyclic) bond motifs is 1. The largest absolute Gasteiger partial charge is 0.354 e. The van der Waals surface area contributed by atoms with Gasteiger partial charge in [-0.3, -0.25) is 9.36 Å². The van der Waals surface area contributed by atoms with Gasteiger partial charge in [-0.2, -0.15) is 4.98 Å². The minimum Gasteiger partial charge on any atom is -0.339 e. The lowest BCUT2D eigenvalue weighted by molar-refractivity contribution is 0.308. The third kappa shape index (κ3) is 7.51. The number of hydrogen-bond acceptors (Lipinski definition) is 4. The molecule has 5 aromatic rings. The molecule has 3 aromatic heterocycles. The van der Waals surface area contributed by atoms with E-state index in [-0.39, 0.29) is 16.6 Å². The summed E-state index contributed by atoms with van der Waals surface area (Å²) in [5, 5.41) is 4.61. The van der Waals surface area contributed by atoms with Gasteiger partial charge in [-0.15, -0.1) is 0 Å². The molecule has 2 aromatic carbocycles. The van der Waals surface area contributed by atoms with Crippen molar-refractivity contribution < 1.29 is 4.39 Å². The quantitative estimate of drug-likeness (QED) is 0.136. The number of pyridine rings is 1. The second-order valence-electron chi connectivity index (χ2n) is 13.0. The molecule has 0 bridgehead atoms. The molecule has 0 radical (unpaired) electrons. The Morgan fingerprint density at radius 2 is 1.80 bits per heavy atom. The lowest BCUT2D eigenvalue weighted by Gasteiger charge is -2.31. The SMILES string of the molecule is CC(C)CCCc1cc(Cl)c(F)c(-c2cc3cn(-c4ccc([C@@H]5CCC[C@@H](CCCc6cc[nH]c(=O)c6)N5)cc4)c(=O)nc3[nH]2)c1. The summed E-state index contributed by atoms with van der Waals surface area (Å²) >= 11 is 6.29. The lowest BCUT2D eigenvalue weighted by Crippen LogP contribution is -2.36. The van der Waals surface area contributed by atoms with Crippen LogP contribution in [-0.2, 0) is 12.8 Å².